The molecule has 0 aliphatic carbocycles. The molecular weight excluding hydrogens is 288 g/mol. The average molecular weight is 301 g/mol. The number of anilines is 1. The summed E-state index contributed by atoms with van der Waals surface area (Å²) < 4.78 is 3.86. The molecule has 0 saturated heterocycles. The van der Waals surface area contributed by atoms with Gasteiger partial charge in [0.1, 0.15) is 12.7 Å². The zero-order valence-electron chi connectivity index (χ0n) is 11.7. The van der Waals surface area contributed by atoms with Crippen LogP contribution < -0.4 is 4.90 Å². The number of hydrogen-bond acceptors (Lipinski definition) is 4. The van der Waals surface area contributed by atoms with Crippen molar-refractivity contribution in [2.45, 2.75) is 6.54 Å². The number of hydrogen-bond donors (Lipinski definition) is 0. The molecule has 0 radical (unpaired) electrons. The van der Waals surface area contributed by atoms with Crippen LogP contribution in [0.2, 0.25) is 5.15 Å². The molecule has 7 heteroatoms. The monoisotopic (exact) mass is 300 g/mol. The van der Waals surface area contributed by atoms with Crippen molar-refractivity contribution >= 4 is 17.3 Å². The van der Waals surface area contributed by atoms with Gasteiger partial charge in [0, 0.05) is 25.3 Å². The summed E-state index contributed by atoms with van der Waals surface area (Å²) in [5.74, 6) is 0.841. The molecular formula is C14H13ClN6. The van der Waals surface area contributed by atoms with Gasteiger partial charge >= 0.3 is 0 Å². The second kappa shape index (κ2) is 4.33. The highest BCUT2D eigenvalue weighted by Crippen LogP contribution is 2.34. The normalized spacial score (nSPS) is 12.3. The van der Waals surface area contributed by atoms with Gasteiger partial charge in [0.05, 0.1) is 17.9 Å². The summed E-state index contributed by atoms with van der Waals surface area (Å²) in [5, 5.41) is 4.80. The lowest BCUT2D eigenvalue weighted by atomic mass is 10.1. The van der Waals surface area contributed by atoms with E-state index in [9.17, 15) is 0 Å². The summed E-state index contributed by atoms with van der Waals surface area (Å²) in [7, 11) is 4.03. The van der Waals surface area contributed by atoms with Crippen LogP contribution in [0.15, 0.2) is 30.9 Å². The smallest absolute Gasteiger partial charge is 0.160 e. The zero-order chi connectivity index (χ0) is 14.6. The van der Waals surface area contributed by atoms with Crippen molar-refractivity contribution in [2.75, 3.05) is 19.0 Å². The maximum Gasteiger partial charge on any atom is 0.160 e. The molecule has 0 atom stereocenters. The Bertz CT molecular complexity index is 832. The van der Waals surface area contributed by atoms with Crippen LogP contribution in [0.3, 0.4) is 0 Å². The minimum Gasteiger partial charge on any atom is -0.378 e. The Labute approximate surface area is 126 Å². The molecule has 0 spiro atoms. The van der Waals surface area contributed by atoms with Crippen molar-refractivity contribution in [1.29, 1.82) is 0 Å². The predicted octanol–water partition coefficient (Wildman–Crippen LogP) is 2.21. The highest BCUT2D eigenvalue weighted by atomic mass is 35.5. The van der Waals surface area contributed by atoms with Crippen LogP contribution in [0.5, 0.6) is 0 Å². The van der Waals surface area contributed by atoms with E-state index in [2.05, 4.69) is 38.2 Å². The van der Waals surface area contributed by atoms with E-state index in [1.54, 1.807) is 12.7 Å². The van der Waals surface area contributed by atoms with E-state index < -0.39 is 0 Å². The third-order valence-electron chi connectivity index (χ3n) is 3.73. The van der Waals surface area contributed by atoms with Crippen LogP contribution in [-0.4, -0.2) is 38.4 Å². The van der Waals surface area contributed by atoms with E-state index in [0.717, 1.165) is 28.5 Å². The standard InChI is InChI=1S/C14H13ClN6/c1-19(2)9-3-4-11-10(5-9)14-16-7-18-21(14)6-12-13(15)17-8-20(11)12/h3-5,7-8H,6H2,1-2H3. The fourth-order valence-electron chi connectivity index (χ4n) is 2.62. The van der Waals surface area contributed by atoms with Crippen LogP contribution in [-0.2, 0) is 6.54 Å². The van der Waals surface area contributed by atoms with Crippen LogP contribution >= 0.6 is 11.6 Å². The molecule has 0 amide bonds. The summed E-state index contributed by atoms with van der Waals surface area (Å²) in [6.07, 6.45) is 3.32. The quantitative estimate of drug-likeness (QED) is 0.541. The summed E-state index contributed by atoms with van der Waals surface area (Å²) >= 11 is 6.21. The third kappa shape index (κ3) is 1.76. The van der Waals surface area contributed by atoms with Crippen LogP contribution in [0.4, 0.5) is 5.69 Å². The number of nitrogens with zero attached hydrogens (tertiary/aromatic N) is 6. The average Bonchev–Trinajstić information content (AvgIpc) is 3.04. The van der Waals surface area contributed by atoms with Crippen molar-refractivity contribution < 1.29 is 0 Å². The Morgan fingerprint density at radius 2 is 2.10 bits per heavy atom. The molecule has 21 heavy (non-hydrogen) atoms. The number of halogens is 1. The highest BCUT2D eigenvalue weighted by Gasteiger charge is 2.23. The van der Waals surface area contributed by atoms with Crippen molar-refractivity contribution in [2.24, 2.45) is 0 Å². The first kappa shape index (κ1) is 12.4. The van der Waals surface area contributed by atoms with Crippen LogP contribution in [0.25, 0.3) is 17.1 Å². The van der Waals surface area contributed by atoms with Gasteiger partial charge in [-0.2, -0.15) is 5.10 Å². The van der Waals surface area contributed by atoms with E-state index in [0.29, 0.717) is 11.7 Å². The number of aromatic nitrogens is 5. The Balaban J connectivity index is 2.06. The second-order valence-electron chi connectivity index (χ2n) is 5.19. The van der Waals surface area contributed by atoms with Gasteiger partial charge in [-0.3, -0.25) is 4.57 Å². The SMILES string of the molecule is CN(C)c1ccc2c(c1)-c1ncnn1Cc1c(Cl)ncn1-2. The van der Waals surface area contributed by atoms with Crippen LogP contribution in [0.1, 0.15) is 5.69 Å². The Hall–Kier alpha value is -2.34. The van der Waals surface area contributed by atoms with Crippen molar-refractivity contribution in [3.63, 3.8) is 0 Å². The van der Waals surface area contributed by atoms with Gasteiger partial charge in [-0.25, -0.2) is 14.6 Å². The van der Waals surface area contributed by atoms with Crippen molar-refractivity contribution in [1.82, 2.24) is 24.3 Å². The molecule has 3 heterocycles. The van der Waals surface area contributed by atoms with Gasteiger partial charge in [0.25, 0.3) is 0 Å². The Morgan fingerprint density at radius 3 is 2.90 bits per heavy atom. The van der Waals surface area contributed by atoms with E-state index in [1.807, 2.05) is 23.3 Å². The number of imidazole rings is 1. The molecule has 2 aromatic heterocycles. The van der Waals surface area contributed by atoms with Gasteiger partial charge in [0.15, 0.2) is 11.0 Å². The molecule has 3 aromatic rings. The second-order valence-corrected chi connectivity index (χ2v) is 5.55. The molecule has 0 N–H and O–H groups in total. The van der Waals surface area contributed by atoms with E-state index in [4.69, 9.17) is 11.6 Å². The van der Waals surface area contributed by atoms with Gasteiger partial charge in [-0.05, 0) is 18.2 Å². The van der Waals surface area contributed by atoms with Crippen molar-refractivity contribution in [3.8, 4) is 17.1 Å². The molecule has 0 unspecified atom stereocenters. The fraction of sp³-hybridized carbons (Fsp3) is 0.214. The molecule has 0 bridgehead atoms. The van der Waals surface area contributed by atoms with Gasteiger partial charge in [-0.15, -0.1) is 0 Å². The molecule has 1 aromatic carbocycles. The third-order valence-corrected chi connectivity index (χ3v) is 4.04. The van der Waals surface area contributed by atoms with E-state index in [-0.39, 0.29) is 0 Å². The lowest BCUT2D eigenvalue weighted by molar-refractivity contribution is 0.677. The van der Waals surface area contributed by atoms with Gasteiger partial charge < -0.3 is 4.90 Å². The summed E-state index contributed by atoms with van der Waals surface area (Å²) in [5.41, 5.74) is 4.06. The first-order valence-corrected chi connectivity index (χ1v) is 6.94. The van der Waals surface area contributed by atoms with E-state index in [1.165, 1.54) is 0 Å². The summed E-state index contributed by atoms with van der Waals surface area (Å²) in [6, 6.07) is 6.25. The summed E-state index contributed by atoms with van der Waals surface area (Å²) in [6.45, 7) is 0.556. The molecule has 0 saturated carbocycles. The lowest BCUT2D eigenvalue weighted by Crippen LogP contribution is -2.09. The molecule has 0 fully saturated rings. The van der Waals surface area contributed by atoms with Crippen LogP contribution in [0, 0.1) is 0 Å². The maximum absolute atomic E-state index is 6.21. The maximum atomic E-state index is 6.21. The Kier molecular flexibility index (Phi) is 2.56. The van der Waals surface area contributed by atoms with Crippen molar-refractivity contribution in [3.05, 3.63) is 41.7 Å². The largest absolute Gasteiger partial charge is 0.378 e. The Morgan fingerprint density at radius 1 is 1.24 bits per heavy atom. The molecule has 106 valence electrons. The topological polar surface area (TPSA) is 51.8 Å². The van der Waals surface area contributed by atoms with E-state index >= 15 is 0 Å². The molecule has 1 aliphatic heterocycles. The zero-order valence-corrected chi connectivity index (χ0v) is 12.4. The predicted molar refractivity (Wildman–Crippen MR) is 81.0 cm³/mol. The van der Waals surface area contributed by atoms with Gasteiger partial charge in [0.2, 0.25) is 0 Å². The number of fused-ring (bicyclic) bond motifs is 5. The fourth-order valence-corrected chi connectivity index (χ4v) is 2.82. The first-order valence-electron chi connectivity index (χ1n) is 6.57. The molecule has 1 aliphatic rings. The molecule has 4 rings (SSSR count). The number of benzene rings is 1. The summed E-state index contributed by atoms with van der Waals surface area (Å²) in [4.78, 5) is 10.7. The molecule has 6 nitrogen and oxygen atoms in total. The highest BCUT2D eigenvalue weighted by molar-refractivity contribution is 6.30. The first-order chi connectivity index (χ1) is 10.1. The van der Waals surface area contributed by atoms with Gasteiger partial charge in [-0.1, -0.05) is 11.6 Å². The minimum atomic E-state index is 0.501. The minimum absolute atomic E-state index is 0.501. The lowest BCUT2D eigenvalue weighted by Gasteiger charge is -2.16. The number of rotatable bonds is 1.